The van der Waals surface area contributed by atoms with Crippen LogP contribution in [-0.2, 0) is 11.2 Å². The average Bonchev–Trinajstić information content (AvgIpc) is 2.96. The quantitative estimate of drug-likeness (QED) is 0.443. The summed E-state index contributed by atoms with van der Waals surface area (Å²) in [6.07, 6.45) is 3.55. The fourth-order valence-electron chi connectivity index (χ4n) is 1.46. The molecule has 3 N–H and O–H groups in total. The Kier molecular flexibility index (Phi) is 11.4. The lowest BCUT2D eigenvalue weighted by Crippen LogP contribution is -2.04. The fraction of sp³-hybridized carbons (Fsp3) is 0.294. The minimum atomic E-state index is 0.377. The van der Waals surface area contributed by atoms with E-state index < -0.39 is 0 Å². The molecule has 0 saturated carbocycles. The van der Waals surface area contributed by atoms with E-state index in [4.69, 9.17) is 10.2 Å². The highest BCUT2D eigenvalue weighted by molar-refractivity contribution is 7.17. The maximum atomic E-state index is 9.26. The van der Waals surface area contributed by atoms with E-state index in [9.17, 15) is 5.11 Å². The Balaban J connectivity index is 0.000000465. The summed E-state index contributed by atoms with van der Waals surface area (Å²) in [5.41, 5.74) is 2.52. The molecule has 0 fully saturated rings. The minimum Gasteiger partial charge on any atom is -0.499 e. The molecule has 0 saturated heterocycles. The second-order valence-corrected chi connectivity index (χ2v) is 5.39. The Labute approximate surface area is 136 Å². The topological polar surface area (TPSA) is 73.2 Å². The van der Waals surface area contributed by atoms with Crippen LogP contribution in [0.5, 0.6) is 5.06 Å². The van der Waals surface area contributed by atoms with Crippen LogP contribution in [0.4, 0.5) is 0 Å². The molecule has 120 valence electrons. The van der Waals surface area contributed by atoms with Gasteiger partial charge in [0.25, 0.3) is 0 Å². The van der Waals surface area contributed by atoms with E-state index in [0.29, 0.717) is 11.5 Å². The van der Waals surface area contributed by atoms with E-state index in [2.05, 4.69) is 45.0 Å². The van der Waals surface area contributed by atoms with Gasteiger partial charge in [-0.3, -0.25) is 10.2 Å². The van der Waals surface area contributed by atoms with E-state index in [1.165, 1.54) is 28.9 Å². The molecule has 0 aliphatic heterocycles. The number of carbonyl (C=O) groups is 1. The van der Waals surface area contributed by atoms with Crippen molar-refractivity contribution in [3.8, 4) is 15.5 Å². The molecule has 2 rings (SSSR count). The highest BCUT2D eigenvalue weighted by Gasteiger charge is 2.01. The van der Waals surface area contributed by atoms with Crippen LogP contribution >= 0.6 is 11.3 Å². The normalized spacial score (nSPS) is 8.68. The van der Waals surface area contributed by atoms with E-state index in [-0.39, 0.29) is 0 Å². The molecular formula is C17H24N2O2S. The first-order valence-electron chi connectivity index (χ1n) is 7.19. The van der Waals surface area contributed by atoms with Gasteiger partial charge in [-0.05, 0) is 29.7 Å². The number of rotatable bonds is 4. The molecule has 1 aromatic carbocycles. The Morgan fingerprint density at radius 2 is 1.91 bits per heavy atom. The Hall–Kier alpha value is -2.14. The zero-order valence-electron chi connectivity index (χ0n) is 13.3. The summed E-state index contributed by atoms with van der Waals surface area (Å²) in [6.45, 7) is 6.39. The maximum absolute atomic E-state index is 9.26. The van der Waals surface area contributed by atoms with Gasteiger partial charge in [0.2, 0.25) is 6.41 Å². The molecule has 1 amide bonds. The van der Waals surface area contributed by atoms with Crippen LogP contribution in [0.3, 0.4) is 0 Å². The van der Waals surface area contributed by atoms with Crippen LogP contribution in [0.2, 0.25) is 0 Å². The molecule has 0 spiro atoms. The summed E-state index contributed by atoms with van der Waals surface area (Å²) in [7, 11) is 0. The molecule has 5 heteroatoms. The van der Waals surface area contributed by atoms with Crippen molar-refractivity contribution in [3.05, 3.63) is 42.0 Å². The summed E-state index contributed by atoms with van der Waals surface area (Å²) < 4.78 is 0. The Morgan fingerprint density at radius 3 is 2.32 bits per heavy atom. The number of amides is 1. The van der Waals surface area contributed by atoms with Crippen LogP contribution in [0, 0.1) is 5.41 Å². The summed E-state index contributed by atoms with van der Waals surface area (Å²) in [5.74, 6) is 0. The molecule has 1 heterocycles. The molecule has 0 bridgehead atoms. The van der Waals surface area contributed by atoms with E-state index in [1.807, 2.05) is 11.4 Å². The molecule has 0 unspecified atom stereocenters. The van der Waals surface area contributed by atoms with Gasteiger partial charge in [0, 0.05) is 4.88 Å². The second-order valence-electron chi connectivity index (χ2n) is 4.33. The van der Waals surface area contributed by atoms with Gasteiger partial charge in [0.05, 0.1) is 6.34 Å². The highest BCUT2D eigenvalue weighted by Crippen LogP contribution is 2.32. The van der Waals surface area contributed by atoms with E-state index in [1.54, 1.807) is 6.07 Å². The third-order valence-corrected chi connectivity index (χ3v) is 3.30. The second kappa shape index (κ2) is 12.6. The number of aromatic hydroxyl groups is 1. The number of nitrogens with one attached hydrogen (secondary N) is 2. The van der Waals surface area contributed by atoms with Gasteiger partial charge in [-0.15, -0.1) is 0 Å². The molecule has 0 radical (unpaired) electrons. The van der Waals surface area contributed by atoms with Gasteiger partial charge in [0.15, 0.2) is 5.06 Å². The first kappa shape index (κ1) is 19.9. The number of carbonyl (C=O) groups excluding carboxylic acids is 1. The molecule has 0 aliphatic carbocycles. The van der Waals surface area contributed by atoms with Crippen molar-refractivity contribution in [1.29, 1.82) is 5.41 Å². The van der Waals surface area contributed by atoms with Crippen molar-refractivity contribution < 1.29 is 9.90 Å². The van der Waals surface area contributed by atoms with Crippen LogP contribution in [0.15, 0.2) is 36.4 Å². The number of aryl methyl sites for hydroxylation is 1. The third kappa shape index (κ3) is 8.21. The van der Waals surface area contributed by atoms with Crippen LogP contribution < -0.4 is 5.32 Å². The van der Waals surface area contributed by atoms with Crippen molar-refractivity contribution >= 4 is 24.1 Å². The van der Waals surface area contributed by atoms with Gasteiger partial charge in [-0.2, -0.15) is 0 Å². The largest absolute Gasteiger partial charge is 0.499 e. The molecule has 1 aromatic heterocycles. The molecule has 22 heavy (non-hydrogen) atoms. The van der Waals surface area contributed by atoms with Gasteiger partial charge in [-0.1, -0.05) is 62.8 Å². The average molecular weight is 320 g/mol. The number of thiophene rings is 1. The maximum Gasteiger partial charge on any atom is 0.212 e. The predicted molar refractivity (Wildman–Crippen MR) is 94.7 cm³/mol. The molecule has 0 aliphatic rings. The lowest BCUT2D eigenvalue weighted by molar-refractivity contribution is -0.108. The monoisotopic (exact) mass is 320 g/mol. The van der Waals surface area contributed by atoms with Crippen molar-refractivity contribution in [2.45, 2.75) is 33.6 Å². The summed E-state index contributed by atoms with van der Waals surface area (Å²) >= 11 is 1.42. The number of benzene rings is 1. The number of hydrogen-bond donors (Lipinski definition) is 3. The zero-order chi connectivity index (χ0) is 16.8. The first-order valence-corrected chi connectivity index (χ1v) is 8.01. The van der Waals surface area contributed by atoms with Crippen molar-refractivity contribution in [1.82, 2.24) is 5.32 Å². The lowest BCUT2D eigenvalue weighted by Gasteiger charge is -2.00. The van der Waals surface area contributed by atoms with Crippen molar-refractivity contribution in [2.24, 2.45) is 0 Å². The van der Waals surface area contributed by atoms with Gasteiger partial charge >= 0.3 is 0 Å². The molecule has 4 nitrogen and oxygen atoms in total. The minimum absolute atomic E-state index is 0.377. The lowest BCUT2D eigenvalue weighted by atomic mass is 10.1. The SMILES string of the molecule is CCC.CCc1cccc(-c2ccc(O)s2)c1.N=CNC=O. The van der Waals surface area contributed by atoms with Gasteiger partial charge < -0.3 is 10.4 Å². The third-order valence-electron chi connectivity index (χ3n) is 2.36. The highest BCUT2D eigenvalue weighted by atomic mass is 32.1. The van der Waals surface area contributed by atoms with Crippen LogP contribution in [0.25, 0.3) is 10.4 Å². The van der Waals surface area contributed by atoms with Crippen LogP contribution in [0.1, 0.15) is 32.8 Å². The van der Waals surface area contributed by atoms with Crippen molar-refractivity contribution in [2.75, 3.05) is 0 Å². The molecule has 2 aromatic rings. The van der Waals surface area contributed by atoms with Crippen LogP contribution in [-0.4, -0.2) is 17.9 Å². The van der Waals surface area contributed by atoms with E-state index in [0.717, 1.165) is 17.6 Å². The summed E-state index contributed by atoms with van der Waals surface area (Å²) in [4.78, 5) is 10.3. The zero-order valence-corrected chi connectivity index (χ0v) is 14.1. The number of hydrogen-bond acceptors (Lipinski definition) is 4. The molecular weight excluding hydrogens is 296 g/mol. The Morgan fingerprint density at radius 1 is 1.23 bits per heavy atom. The van der Waals surface area contributed by atoms with E-state index >= 15 is 0 Å². The van der Waals surface area contributed by atoms with Crippen molar-refractivity contribution in [3.63, 3.8) is 0 Å². The first-order chi connectivity index (χ1) is 10.6. The van der Waals surface area contributed by atoms with Gasteiger partial charge in [-0.25, -0.2) is 0 Å². The standard InChI is InChI=1S/C12H12OS.C3H8.C2H4N2O/c1-2-9-4-3-5-10(8-9)11-6-7-12(13)14-11;1-3-2;3-1-4-2-5/h3-8,13H,2H2,1H3;3H2,1-2H3;1-2H,(H2,3,4,5). The molecule has 0 atom stereocenters. The van der Waals surface area contributed by atoms with Gasteiger partial charge in [0.1, 0.15) is 0 Å². The summed E-state index contributed by atoms with van der Waals surface area (Å²) in [5, 5.41) is 17.7. The predicted octanol–water partition coefficient (Wildman–Crippen LogP) is 4.44. The summed E-state index contributed by atoms with van der Waals surface area (Å²) in [6, 6.07) is 12.1. The fourth-order valence-corrected chi connectivity index (χ4v) is 2.20. The smallest absolute Gasteiger partial charge is 0.212 e. The Bertz CT molecular complexity index is 547.